The monoisotopic (exact) mass is 175 g/mol. The molecule has 0 bridgehead atoms. The number of nitrogens with two attached hydrogens (primary N) is 1. The van der Waals surface area contributed by atoms with Crippen molar-refractivity contribution in [3.05, 3.63) is 0 Å². The van der Waals surface area contributed by atoms with Crippen molar-refractivity contribution < 1.29 is 9.53 Å². The highest BCUT2D eigenvalue weighted by Crippen LogP contribution is 1.90. The van der Waals surface area contributed by atoms with Gasteiger partial charge < -0.3 is 10.1 Å². The number of hydrazine groups is 1. The molecule has 0 spiro atoms. The molecule has 0 saturated carbocycles. The number of carbonyl (C=O) groups is 1. The second-order valence-corrected chi connectivity index (χ2v) is 2.87. The third-order valence-corrected chi connectivity index (χ3v) is 1.11. The summed E-state index contributed by atoms with van der Waals surface area (Å²) >= 11 is 0. The second kappa shape index (κ2) is 6.87. The molecule has 2 amide bonds. The Balaban J connectivity index is 3.05. The molecule has 0 aromatic rings. The van der Waals surface area contributed by atoms with Gasteiger partial charge in [0.2, 0.25) is 0 Å². The van der Waals surface area contributed by atoms with E-state index in [0.717, 1.165) is 0 Å². The maximum atomic E-state index is 10.5. The highest BCUT2D eigenvalue weighted by Gasteiger charge is 1.95. The van der Waals surface area contributed by atoms with E-state index in [0.29, 0.717) is 25.7 Å². The average molecular weight is 175 g/mol. The molecule has 0 aliphatic rings. The Morgan fingerprint density at radius 2 is 2.25 bits per heavy atom. The Morgan fingerprint density at radius 3 is 2.75 bits per heavy atom. The lowest BCUT2D eigenvalue weighted by Gasteiger charge is -2.07. The number of ether oxygens (including phenoxy) is 1. The lowest BCUT2D eigenvalue weighted by atomic mass is 10.2. The van der Waals surface area contributed by atoms with Crippen molar-refractivity contribution in [1.82, 2.24) is 10.7 Å². The first-order valence-electron chi connectivity index (χ1n) is 3.99. The molecule has 5 nitrogen and oxygen atoms in total. The van der Waals surface area contributed by atoms with Crippen molar-refractivity contribution in [2.75, 3.05) is 19.8 Å². The number of rotatable bonds is 5. The van der Waals surface area contributed by atoms with Gasteiger partial charge in [0.25, 0.3) is 0 Å². The molecule has 0 aliphatic carbocycles. The maximum absolute atomic E-state index is 10.5. The Labute approximate surface area is 72.6 Å². The fraction of sp³-hybridized carbons (Fsp3) is 0.857. The third kappa shape index (κ3) is 7.30. The van der Waals surface area contributed by atoms with Gasteiger partial charge in [0.15, 0.2) is 0 Å². The Hall–Kier alpha value is -0.810. The van der Waals surface area contributed by atoms with Crippen LogP contribution in [0, 0.1) is 5.92 Å². The smallest absolute Gasteiger partial charge is 0.328 e. The van der Waals surface area contributed by atoms with Crippen LogP contribution in [0.4, 0.5) is 4.79 Å². The van der Waals surface area contributed by atoms with E-state index < -0.39 is 0 Å². The van der Waals surface area contributed by atoms with Gasteiger partial charge in [0, 0.05) is 13.2 Å². The van der Waals surface area contributed by atoms with Crippen molar-refractivity contribution in [1.29, 1.82) is 0 Å². The van der Waals surface area contributed by atoms with Crippen LogP contribution in [-0.4, -0.2) is 25.8 Å². The fourth-order valence-corrected chi connectivity index (χ4v) is 0.607. The minimum atomic E-state index is -0.386. The summed E-state index contributed by atoms with van der Waals surface area (Å²) in [4.78, 5) is 10.5. The molecule has 0 heterocycles. The molecule has 5 heteroatoms. The van der Waals surface area contributed by atoms with Crippen molar-refractivity contribution >= 4 is 6.03 Å². The van der Waals surface area contributed by atoms with Crippen molar-refractivity contribution in [3.63, 3.8) is 0 Å². The van der Waals surface area contributed by atoms with Gasteiger partial charge in [0.1, 0.15) is 0 Å². The van der Waals surface area contributed by atoms with E-state index in [2.05, 4.69) is 19.2 Å². The number of urea groups is 1. The molecule has 0 aliphatic heterocycles. The minimum absolute atomic E-state index is 0.386. The molecule has 0 atom stereocenters. The number of amides is 2. The summed E-state index contributed by atoms with van der Waals surface area (Å²) in [6.07, 6.45) is 0. The second-order valence-electron chi connectivity index (χ2n) is 2.87. The van der Waals surface area contributed by atoms with E-state index in [9.17, 15) is 4.79 Å². The zero-order chi connectivity index (χ0) is 9.40. The number of nitrogens with one attached hydrogen (secondary N) is 2. The van der Waals surface area contributed by atoms with Gasteiger partial charge in [-0.2, -0.15) is 0 Å². The van der Waals surface area contributed by atoms with Crippen LogP contribution in [0.3, 0.4) is 0 Å². The van der Waals surface area contributed by atoms with Gasteiger partial charge in [0.05, 0.1) is 6.61 Å². The van der Waals surface area contributed by atoms with Gasteiger partial charge >= 0.3 is 6.03 Å². The number of carbonyl (C=O) groups excluding carboxylic acids is 1. The van der Waals surface area contributed by atoms with Crippen molar-refractivity contribution in [2.45, 2.75) is 13.8 Å². The van der Waals surface area contributed by atoms with Crippen LogP contribution < -0.4 is 16.6 Å². The zero-order valence-electron chi connectivity index (χ0n) is 7.59. The Kier molecular flexibility index (Phi) is 6.41. The summed E-state index contributed by atoms with van der Waals surface area (Å²) in [5.41, 5.74) is 1.96. The molecule has 0 fully saturated rings. The van der Waals surface area contributed by atoms with Gasteiger partial charge in [-0.25, -0.2) is 10.6 Å². The highest BCUT2D eigenvalue weighted by molar-refractivity contribution is 5.72. The summed E-state index contributed by atoms with van der Waals surface area (Å²) in [6.45, 7) is 5.85. The van der Waals surface area contributed by atoms with Crippen LogP contribution in [0.1, 0.15) is 13.8 Å². The lowest BCUT2D eigenvalue weighted by molar-refractivity contribution is 0.112. The van der Waals surface area contributed by atoms with E-state index in [1.165, 1.54) is 0 Å². The Morgan fingerprint density at radius 1 is 1.58 bits per heavy atom. The largest absolute Gasteiger partial charge is 0.379 e. The molecule has 12 heavy (non-hydrogen) atoms. The van der Waals surface area contributed by atoms with Crippen LogP contribution in [0.2, 0.25) is 0 Å². The van der Waals surface area contributed by atoms with E-state index in [1.807, 2.05) is 5.43 Å². The SMILES string of the molecule is CC(C)COCCNC(=O)NN. The summed E-state index contributed by atoms with van der Waals surface area (Å²) < 4.78 is 5.21. The fourth-order valence-electron chi connectivity index (χ4n) is 0.607. The standard InChI is InChI=1S/C7H17N3O2/c1-6(2)5-12-4-3-9-7(11)10-8/h6H,3-5,8H2,1-2H3,(H2,9,10,11). The van der Waals surface area contributed by atoms with E-state index >= 15 is 0 Å². The summed E-state index contributed by atoms with van der Waals surface area (Å²) in [5, 5.41) is 2.51. The first kappa shape index (κ1) is 11.2. The summed E-state index contributed by atoms with van der Waals surface area (Å²) in [5.74, 6) is 5.35. The minimum Gasteiger partial charge on any atom is -0.379 e. The van der Waals surface area contributed by atoms with Crippen LogP contribution in [0.25, 0.3) is 0 Å². The molecule has 0 aromatic carbocycles. The van der Waals surface area contributed by atoms with Crippen LogP contribution in [0.15, 0.2) is 0 Å². The zero-order valence-corrected chi connectivity index (χ0v) is 7.59. The first-order chi connectivity index (χ1) is 5.66. The van der Waals surface area contributed by atoms with Gasteiger partial charge in [-0.05, 0) is 5.92 Å². The normalized spacial score (nSPS) is 10.0. The third-order valence-electron chi connectivity index (χ3n) is 1.11. The predicted octanol–water partition coefficient (Wildman–Crippen LogP) is -0.168. The molecule has 0 rings (SSSR count). The molecule has 0 radical (unpaired) electrons. The van der Waals surface area contributed by atoms with E-state index in [-0.39, 0.29) is 6.03 Å². The Bertz CT molecular complexity index is 128. The first-order valence-corrected chi connectivity index (χ1v) is 3.99. The summed E-state index contributed by atoms with van der Waals surface area (Å²) in [6, 6.07) is -0.386. The topological polar surface area (TPSA) is 76.4 Å². The number of hydrogen-bond donors (Lipinski definition) is 3. The van der Waals surface area contributed by atoms with Gasteiger partial charge in [-0.1, -0.05) is 13.8 Å². The molecular formula is C7H17N3O2. The van der Waals surface area contributed by atoms with Crippen molar-refractivity contribution in [3.8, 4) is 0 Å². The van der Waals surface area contributed by atoms with E-state index in [1.54, 1.807) is 0 Å². The van der Waals surface area contributed by atoms with E-state index in [4.69, 9.17) is 10.6 Å². The summed E-state index contributed by atoms with van der Waals surface area (Å²) in [7, 11) is 0. The molecular weight excluding hydrogens is 158 g/mol. The molecule has 0 saturated heterocycles. The molecule has 72 valence electrons. The van der Waals surface area contributed by atoms with Crippen molar-refractivity contribution in [2.24, 2.45) is 11.8 Å². The predicted molar refractivity (Wildman–Crippen MR) is 46.4 cm³/mol. The lowest BCUT2D eigenvalue weighted by Crippen LogP contribution is -2.41. The molecule has 4 N–H and O–H groups in total. The van der Waals surface area contributed by atoms with Crippen LogP contribution >= 0.6 is 0 Å². The highest BCUT2D eigenvalue weighted by atomic mass is 16.5. The van der Waals surface area contributed by atoms with Gasteiger partial charge in [-0.15, -0.1) is 0 Å². The van der Waals surface area contributed by atoms with Crippen LogP contribution in [-0.2, 0) is 4.74 Å². The quantitative estimate of drug-likeness (QED) is 0.235. The molecule has 0 aromatic heterocycles. The maximum Gasteiger partial charge on any atom is 0.328 e. The average Bonchev–Trinajstić information content (AvgIpc) is 2.03. The number of hydrogen-bond acceptors (Lipinski definition) is 3. The van der Waals surface area contributed by atoms with Gasteiger partial charge in [-0.3, -0.25) is 5.43 Å². The molecule has 0 unspecified atom stereocenters. The van der Waals surface area contributed by atoms with Crippen LogP contribution in [0.5, 0.6) is 0 Å².